The molecule has 0 atom stereocenters. The SMILES string of the molecule is Cc1ccc(SCc2cc(C=C(C#N)C(N)=S)c(C)cc2C)cc1. The maximum atomic E-state index is 9.16. The molecule has 2 rings (SSSR count). The number of hydrogen-bond donors (Lipinski definition) is 1. The highest BCUT2D eigenvalue weighted by molar-refractivity contribution is 7.98. The molecule has 0 aliphatic heterocycles. The highest BCUT2D eigenvalue weighted by Crippen LogP contribution is 2.27. The van der Waals surface area contributed by atoms with Crippen LogP contribution in [0.3, 0.4) is 0 Å². The maximum Gasteiger partial charge on any atom is 0.114 e. The Bertz CT molecular complexity index is 828. The number of nitrogens with two attached hydrogens (primary N) is 1. The van der Waals surface area contributed by atoms with E-state index < -0.39 is 0 Å². The fourth-order valence-corrected chi connectivity index (χ4v) is 3.40. The van der Waals surface area contributed by atoms with Gasteiger partial charge in [0.05, 0.1) is 5.57 Å². The normalized spacial score (nSPS) is 11.2. The zero-order valence-electron chi connectivity index (χ0n) is 14.1. The molecule has 0 fully saturated rings. The molecule has 24 heavy (non-hydrogen) atoms. The third-order valence-corrected chi connectivity index (χ3v) is 5.11. The Labute approximate surface area is 153 Å². The van der Waals surface area contributed by atoms with Crippen molar-refractivity contribution >= 4 is 35.0 Å². The Morgan fingerprint density at radius 1 is 1.17 bits per heavy atom. The molecule has 0 saturated heterocycles. The van der Waals surface area contributed by atoms with Crippen LogP contribution in [0.2, 0.25) is 0 Å². The van der Waals surface area contributed by atoms with Gasteiger partial charge in [0, 0.05) is 10.6 Å². The van der Waals surface area contributed by atoms with Gasteiger partial charge in [-0.1, -0.05) is 42.0 Å². The van der Waals surface area contributed by atoms with Crippen molar-refractivity contribution in [2.75, 3.05) is 0 Å². The Balaban J connectivity index is 2.27. The first-order chi connectivity index (χ1) is 11.4. The fourth-order valence-electron chi connectivity index (χ4n) is 2.34. The van der Waals surface area contributed by atoms with Crippen molar-refractivity contribution in [1.82, 2.24) is 0 Å². The largest absolute Gasteiger partial charge is 0.389 e. The lowest BCUT2D eigenvalue weighted by atomic mass is 9.99. The molecule has 0 saturated carbocycles. The highest BCUT2D eigenvalue weighted by Gasteiger charge is 2.07. The van der Waals surface area contributed by atoms with E-state index in [9.17, 15) is 0 Å². The lowest BCUT2D eigenvalue weighted by Crippen LogP contribution is -2.09. The second kappa shape index (κ2) is 8.14. The van der Waals surface area contributed by atoms with Crippen LogP contribution in [0.5, 0.6) is 0 Å². The average molecular weight is 353 g/mol. The zero-order chi connectivity index (χ0) is 17.7. The van der Waals surface area contributed by atoms with Crippen LogP contribution in [0.15, 0.2) is 46.9 Å². The van der Waals surface area contributed by atoms with Crippen molar-refractivity contribution in [1.29, 1.82) is 5.26 Å². The van der Waals surface area contributed by atoms with Gasteiger partial charge in [-0.25, -0.2) is 0 Å². The smallest absolute Gasteiger partial charge is 0.114 e. The molecule has 2 aromatic rings. The summed E-state index contributed by atoms with van der Waals surface area (Å²) in [6, 6.07) is 14.9. The van der Waals surface area contributed by atoms with Crippen LogP contribution in [-0.2, 0) is 5.75 Å². The van der Waals surface area contributed by atoms with Crippen molar-refractivity contribution in [2.45, 2.75) is 31.4 Å². The number of nitrogens with zero attached hydrogens (tertiary/aromatic N) is 1. The molecule has 0 aliphatic carbocycles. The molecule has 0 radical (unpaired) electrons. The number of benzene rings is 2. The van der Waals surface area contributed by atoms with Gasteiger partial charge in [0.2, 0.25) is 0 Å². The van der Waals surface area contributed by atoms with Crippen LogP contribution < -0.4 is 5.73 Å². The second-order valence-corrected chi connectivity index (χ2v) is 7.26. The summed E-state index contributed by atoms with van der Waals surface area (Å²) < 4.78 is 0. The minimum atomic E-state index is 0.132. The van der Waals surface area contributed by atoms with Crippen molar-refractivity contribution in [2.24, 2.45) is 5.73 Å². The van der Waals surface area contributed by atoms with Crippen LogP contribution in [0.4, 0.5) is 0 Å². The lowest BCUT2D eigenvalue weighted by Gasteiger charge is -2.11. The number of rotatable bonds is 5. The number of hydrogen-bond acceptors (Lipinski definition) is 3. The maximum absolute atomic E-state index is 9.16. The van der Waals surface area contributed by atoms with E-state index in [4.69, 9.17) is 23.2 Å². The number of aryl methyl sites for hydroxylation is 3. The molecule has 2 N–H and O–H groups in total. The Kier molecular flexibility index (Phi) is 6.19. The van der Waals surface area contributed by atoms with Gasteiger partial charge in [0.15, 0.2) is 0 Å². The molecule has 0 amide bonds. The highest BCUT2D eigenvalue weighted by atomic mass is 32.2. The third kappa shape index (κ3) is 4.70. The van der Waals surface area contributed by atoms with Gasteiger partial charge < -0.3 is 5.73 Å². The van der Waals surface area contributed by atoms with E-state index in [-0.39, 0.29) is 4.99 Å². The summed E-state index contributed by atoms with van der Waals surface area (Å²) in [4.78, 5) is 1.38. The van der Waals surface area contributed by atoms with E-state index in [0.717, 1.165) is 16.9 Å². The first-order valence-corrected chi connectivity index (χ1v) is 9.01. The van der Waals surface area contributed by atoms with Crippen LogP contribution in [0, 0.1) is 32.1 Å². The molecule has 0 bridgehead atoms. The monoisotopic (exact) mass is 352 g/mol. The Hall–Kier alpha value is -2.09. The summed E-state index contributed by atoms with van der Waals surface area (Å²) in [5.41, 5.74) is 11.8. The van der Waals surface area contributed by atoms with Crippen LogP contribution >= 0.6 is 24.0 Å². The molecule has 4 heteroatoms. The first-order valence-electron chi connectivity index (χ1n) is 7.62. The number of thioether (sulfide) groups is 1. The second-order valence-electron chi connectivity index (χ2n) is 5.77. The summed E-state index contributed by atoms with van der Waals surface area (Å²) >= 11 is 6.73. The van der Waals surface area contributed by atoms with Gasteiger partial charge in [-0.3, -0.25) is 0 Å². The Morgan fingerprint density at radius 3 is 2.42 bits per heavy atom. The van der Waals surface area contributed by atoms with E-state index >= 15 is 0 Å². The fraction of sp³-hybridized carbons (Fsp3) is 0.200. The molecule has 0 aliphatic rings. The van der Waals surface area contributed by atoms with Crippen molar-refractivity contribution in [3.05, 3.63) is 69.8 Å². The van der Waals surface area contributed by atoms with Crippen LogP contribution in [0.25, 0.3) is 6.08 Å². The molecular formula is C20H20N2S2. The molecule has 2 aromatic carbocycles. The van der Waals surface area contributed by atoms with Gasteiger partial charge in [0.1, 0.15) is 11.1 Å². The number of thiocarbonyl (C=S) groups is 1. The first kappa shape index (κ1) is 18.3. The van der Waals surface area contributed by atoms with Crippen molar-refractivity contribution < 1.29 is 0 Å². The average Bonchev–Trinajstić information content (AvgIpc) is 2.54. The summed E-state index contributed by atoms with van der Waals surface area (Å²) in [5, 5.41) is 9.16. The van der Waals surface area contributed by atoms with Crippen LogP contribution in [-0.4, -0.2) is 4.99 Å². The van der Waals surface area contributed by atoms with Gasteiger partial charge >= 0.3 is 0 Å². The van der Waals surface area contributed by atoms with E-state index in [0.29, 0.717) is 5.57 Å². The van der Waals surface area contributed by atoms with Crippen molar-refractivity contribution in [3.63, 3.8) is 0 Å². The van der Waals surface area contributed by atoms with E-state index in [1.807, 2.05) is 6.92 Å². The molecule has 0 spiro atoms. The lowest BCUT2D eigenvalue weighted by molar-refractivity contribution is 1.26. The topological polar surface area (TPSA) is 49.8 Å². The van der Waals surface area contributed by atoms with E-state index in [2.05, 4.69) is 56.3 Å². The van der Waals surface area contributed by atoms with Crippen LogP contribution in [0.1, 0.15) is 27.8 Å². The standard InChI is InChI=1S/C20H20N2S2/c1-13-4-6-19(7-5-13)24-12-18-10-16(14(2)8-15(18)3)9-17(11-21)20(22)23/h4-10H,12H2,1-3H3,(H2,22,23). The molecule has 0 heterocycles. The molecular weight excluding hydrogens is 332 g/mol. The molecule has 2 nitrogen and oxygen atoms in total. The summed E-state index contributed by atoms with van der Waals surface area (Å²) in [6.45, 7) is 6.24. The molecule has 0 unspecified atom stereocenters. The minimum absolute atomic E-state index is 0.132. The molecule has 0 aromatic heterocycles. The minimum Gasteiger partial charge on any atom is -0.389 e. The molecule has 122 valence electrons. The third-order valence-electron chi connectivity index (χ3n) is 3.83. The van der Waals surface area contributed by atoms with Gasteiger partial charge in [-0.05, 0) is 61.2 Å². The van der Waals surface area contributed by atoms with Gasteiger partial charge in [-0.2, -0.15) is 5.26 Å². The number of nitriles is 1. The predicted molar refractivity (Wildman–Crippen MR) is 107 cm³/mol. The summed E-state index contributed by atoms with van der Waals surface area (Å²) in [6.07, 6.45) is 1.77. The quantitative estimate of drug-likeness (QED) is 0.352. The van der Waals surface area contributed by atoms with Gasteiger partial charge in [-0.15, -0.1) is 11.8 Å². The summed E-state index contributed by atoms with van der Waals surface area (Å²) in [5.74, 6) is 0.880. The van der Waals surface area contributed by atoms with Gasteiger partial charge in [0.25, 0.3) is 0 Å². The van der Waals surface area contributed by atoms with Crippen molar-refractivity contribution in [3.8, 4) is 6.07 Å². The van der Waals surface area contributed by atoms with E-state index in [1.54, 1.807) is 17.8 Å². The predicted octanol–water partition coefficient (Wildman–Crippen LogP) is 5.10. The Morgan fingerprint density at radius 2 is 1.83 bits per heavy atom. The summed E-state index contributed by atoms with van der Waals surface area (Å²) in [7, 11) is 0. The van der Waals surface area contributed by atoms with E-state index in [1.165, 1.54) is 21.6 Å². The zero-order valence-corrected chi connectivity index (χ0v) is 15.7.